The fourth-order valence-corrected chi connectivity index (χ4v) is 1.41. The van der Waals surface area contributed by atoms with Crippen LogP contribution in [-0.2, 0) is 0 Å². The maximum absolute atomic E-state index is 5.89. The van der Waals surface area contributed by atoms with Gasteiger partial charge in [0.25, 0.3) is 0 Å². The summed E-state index contributed by atoms with van der Waals surface area (Å²) in [5.41, 5.74) is 1.01. The van der Waals surface area contributed by atoms with Crippen molar-refractivity contribution in [2.45, 2.75) is 26.8 Å². The van der Waals surface area contributed by atoms with Crippen LogP contribution < -0.4 is 0 Å². The zero-order chi connectivity index (χ0) is 8.59. The molecule has 0 aliphatic heterocycles. The normalized spacial score (nSPS) is 11.0. The lowest BCUT2D eigenvalue weighted by Crippen LogP contribution is -2.04. The minimum absolute atomic E-state index is 0.379. The number of aromatic amines is 1. The molecule has 0 saturated heterocycles. The first-order chi connectivity index (χ1) is 5.04. The summed E-state index contributed by atoms with van der Waals surface area (Å²) in [6.07, 6.45) is 0. The quantitative estimate of drug-likeness (QED) is 0.675. The molecule has 0 aliphatic rings. The van der Waals surface area contributed by atoms with Crippen LogP contribution in [0.25, 0.3) is 0 Å². The van der Waals surface area contributed by atoms with E-state index in [2.05, 4.69) is 18.9 Å². The Bertz CT molecular complexity index is 311. The van der Waals surface area contributed by atoms with Crippen LogP contribution in [-0.4, -0.2) is 9.78 Å². The Morgan fingerprint density at radius 1 is 1.55 bits per heavy atom. The highest BCUT2D eigenvalue weighted by atomic mass is 35.5. The lowest BCUT2D eigenvalue weighted by molar-refractivity contribution is 0.518. The number of aromatic nitrogens is 2. The number of nitrogens with zero attached hydrogens (tertiary/aromatic N) is 1. The molecule has 0 spiro atoms. The Balaban J connectivity index is 3.30. The molecule has 0 unspecified atom stereocenters. The molecule has 0 aromatic carbocycles. The highest BCUT2D eigenvalue weighted by Gasteiger charge is 2.07. The lowest BCUT2D eigenvalue weighted by atomic mass is 10.4. The molecule has 0 amide bonds. The Kier molecular flexibility index (Phi) is 2.40. The molecule has 0 atom stereocenters. The average molecular weight is 191 g/mol. The first kappa shape index (κ1) is 8.81. The molecular weight excluding hydrogens is 180 g/mol. The van der Waals surface area contributed by atoms with Crippen LogP contribution in [0.4, 0.5) is 0 Å². The van der Waals surface area contributed by atoms with Crippen LogP contribution in [0, 0.1) is 11.6 Å². The second kappa shape index (κ2) is 2.99. The molecule has 1 aromatic heterocycles. The van der Waals surface area contributed by atoms with E-state index in [0.717, 1.165) is 5.69 Å². The lowest BCUT2D eigenvalue weighted by Gasteiger charge is -2.08. The number of rotatable bonds is 1. The van der Waals surface area contributed by atoms with Gasteiger partial charge in [0.2, 0.25) is 0 Å². The number of nitrogens with one attached hydrogen (secondary N) is 1. The second-order valence-corrected chi connectivity index (χ2v) is 3.59. The number of H-pyrrole nitrogens is 1. The fourth-order valence-electron chi connectivity index (χ4n) is 1.03. The SMILES string of the molecule is Cc1c(Cl)c(=S)[nH]n1C(C)C. The zero-order valence-corrected chi connectivity index (χ0v) is 8.38. The van der Waals surface area contributed by atoms with Gasteiger partial charge in [-0.25, -0.2) is 0 Å². The molecule has 0 fully saturated rings. The maximum Gasteiger partial charge on any atom is 0.138 e. The minimum atomic E-state index is 0.379. The van der Waals surface area contributed by atoms with E-state index in [9.17, 15) is 0 Å². The third-order valence-corrected chi connectivity index (χ3v) is 2.49. The van der Waals surface area contributed by atoms with Crippen LogP contribution in [0.2, 0.25) is 5.02 Å². The molecule has 1 heterocycles. The van der Waals surface area contributed by atoms with E-state index < -0.39 is 0 Å². The summed E-state index contributed by atoms with van der Waals surface area (Å²) < 4.78 is 2.59. The van der Waals surface area contributed by atoms with Gasteiger partial charge in [-0.3, -0.25) is 9.78 Å². The molecule has 2 nitrogen and oxygen atoms in total. The van der Waals surface area contributed by atoms with Gasteiger partial charge < -0.3 is 0 Å². The van der Waals surface area contributed by atoms with E-state index in [0.29, 0.717) is 15.7 Å². The number of hydrogen-bond donors (Lipinski definition) is 1. The molecule has 11 heavy (non-hydrogen) atoms. The Morgan fingerprint density at radius 3 is 2.27 bits per heavy atom. The maximum atomic E-state index is 5.89. The van der Waals surface area contributed by atoms with Crippen LogP contribution >= 0.6 is 23.8 Å². The van der Waals surface area contributed by atoms with E-state index in [1.54, 1.807) is 0 Å². The van der Waals surface area contributed by atoms with Gasteiger partial charge in [0.05, 0.1) is 10.7 Å². The van der Waals surface area contributed by atoms with Crippen molar-refractivity contribution in [3.8, 4) is 0 Å². The van der Waals surface area contributed by atoms with Crippen LogP contribution in [0.15, 0.2) is 0 Å². The van der Waals surface area contributed by atoms with Crippen molar-refractivity contribution in [2.75, 3.05) is 0 Å². The van der Waals surface area contributed by atoms with Crippen molar-refractivity contribution >= 4 is 23.8 Å². The summed E-state index contributed by atoms with van der Waals surface area (Å²) in [5, 5.41) is 3.67. The van der Waals surface area contributed by atoms with Crippen molar-refractivity contribution < 1.29 is 0 Å². The molecule has 1 N–H and O–H groups in total. The van der Waals surface area contributed by atoms with Gasteiger partial charge in [-0.2, -0.15) is 0 Å². The predicted octanol–water partition coefficient (Wildman–Crippen LogP) is 3.09. The van der Waals surface area contributed by atoms with Crippen molar-refractivity contribution in [3.05, 3.63) is 15.4 Å². The number of halogens is 1. The molecule has 0 aliphatic carbocycles. The van der Waals surface area contributed by atoms with Crippen molar-refractivity contribution in [1.29, 1.82) is 0 Å². The molecule has 0 saturated carbocycles. The molecule has 1 aromatic rings. The summed E-state index contributed by atoms with van der Waals surface area (Å²) in [6.45, 7) is 6.11. The van der Waals surface area contributed by atoms with E-state index in [4.69, 9.17) is 23.8 Å². The monoisotopic (exact) mass is 190 g/mol. The summed E-state index contributed by atoms with van der Waals surface area (Å²) >= 11 is 10.9. The Labute approximate surface area is 76.2 Å². The van der Waals surface area contributed by atoms with Gasteiger partial charge in [0.15, 0.2) is 0 Å². The highest BCUT2D eigenvalue weighted by Crippen LogP contribution is 2.18. The zero-order valence-electron chi connectivity index (χ0n) is 6.81. The second-order valence-electron chi connectivity index (χ2n) is 2.80. The van der Waals surface area contributed by atoms with E-state index in [-0.39, 0.29) is 0 Å². The van der Waals surface area contributed by atoms with Crippen LogP contribution in [0.5, 0.6) is 0 Å². The summed E-state index contributed by atoms with van der Waals surface area (Å²) in [5.74, 6) is 0. The summed E-state index contributed by atoms with van der Waals surface area (Å²) in [4.78, 5) is 0. The smallest absolute Gasteiger partial charge is 0.138 e. The Morgan fingerprint density at radius 2 is 2.09 bits per heavy atom. The topological polar surface area (TPSA) is 20.7 Å². The van der Waals surface area contributed by atoms with E-state index in [1.807, 2.05) is 11.6 Å². The van der Waals surface area contributed by atoms with Gasteiger partial charge in [0, 0.05) is 6.04 Å². The molecule has 1 rings (SSSR count). The standard InChI is InChI=1S/C7H11ClN2S/c1-4(2)10-5(3)6(8)7(11)9-10/h4H,1-3H3,(H,9,11). The Hall–Kier alpha value is -0.280. The molecular formula is C7H11ClN2S. The average Bonchev–Trinajstić information content (AvgIpc) is 2.17. The third-order valence-electron chi connectivity index (χ3n) is 1.62. The highest BCUT2D eigenvalue weighted by molar-refractivity contribution is 7.71. The van der Waals surface area contributed by atoms with Crippen LogP contribution in [0.3, 0.4) is 0 Å². The molecule has 0 radical (unpaired) electrons. The first-order valence-corrected chi connectivity index (χ1v) is 4.29. The molecule has 62 valence electrons. The van der Waals surface area contributed by atoms with E-state index in [1.165, 1.54) is 0 Å². The molecule has 0 bridgehead atoms. The van der Waals surface area contributed by atoms with Gasteiger partial charge in [-0.15, -0.1) is 0 Å². The summed E-state index contributed by atoms with van der Waals surface area (Å²) in [6, 6.07) is 0.379. The first-order valence-electron chi connectivity index (χ1n) is 3.50. The largest absolute Gasteiger partial charge is 0.287 e. The van der Waals surface area contributed by atoms with Crippen molar-refractivity contribution in [1.82, 2.24) is 9.78 Å². The van der Waals surface area contributed by atoms with Gasteiger partial charge in [-0.05, 0) is 20.8 Å². The van der Waals surface area contributed by atoms with Crippen molar-refractivity contribution in [2.24, 2.45) is 0 Å². The van der Waals surface area contributed by atoms with Gasteiger partial charge in [-0.1, -0.05) is 23.8 Å². The molecule has 4 heteroatoms. The van der Waals surface area contributed by atoms with E-state index >= 15 is 0 Å². The summed E-state index contributed by atoms with van der Waals surface area (Å²) in [7, 11) is 0. The predicted molar refractivity (Wildman–Crippen MR) is 49.7 cm³/mol. The number of hydrogen-bond acceptors (Lipinski definition) is 1. The fraction of sp³-hybridized carbons (Fsp3) is 0.571. The van der Waals surface area contributed by atoms with Crippen molar-refractivity contribution in [3.63, 3.8) is 0 Å². The minimum Gasteiger partial charge on any atom is -0.287 e. The van der Waals surface area contributed by atoms with Gasteiger partial charge >= 0.3 is 0 Å². The van der Waals surface area contributed by atoms with Crippen LogP contribution in [0.1, 0.15) is 25.6 Å². The third kappa shape index (κ3) is 1.49. The van der Waals surface area contributed by atoms with Gasteiger partial charge in [0.1, 0.15) is 4.64 Å².